The first-order chi connectivity index (χ1) is 15.2. The van der Waals surface area contributed by atoms with Gasteiger partial charge in [0.2, 0.25) is 5.91 Å². The Balaban J connectivity index is 1.52. The van der Waals surface area contributed by atoms with Crippen molar-refractivity contribution in [3.63, 3.8) is 0 Å². The smallest absolute Gasteiger partial charge is 0.246 e. The third kappa shape index (κ3) is 7.53. The minimum Gasteiger partial charge on any atom is -0.357 e. The molecule has 3 N–H and O–H groups in total. The number of aryl methyl sites for hydroxylation is 1. The molecule has 0 saturated heterocycles. The zero-order chi connectivity index (χ0) is 21.9. The average molecular weight is 440 g/mol. The van der Waals surface area contributed by atoms with E-state index < -0.39 is 0 Å². The zero-order valence-corrected chi connectivity index (χ0v) is 18.8. The third-order valence-electron chi connectivity index (χ3n) is 4.42. The summed E-state index contributed by atoms with van der Waals surface area (Å²) in [6.07, 6.45) is 7.27. The molecule has 2 heterocycles. The second-order valence-corrected chi connectivity index (χ2v) is 8.10. The van der Waals surface area contributed by atoms with Crippen LogP contribution in [0.4, 0.5) is 5.69 Å². The van der Waals surface area contributed by atoms with E-state index in [1.165, 1.54) is 4.88 Å². The molecule has 0 aliphatic rings. The molecule has 1 aromatic carbocycles. The first-order valence-electron chi connectivity index (χ1n) is 10.5. The number of nitrogens with zero attached hydrogens (tertiary/aromatic N) is 4. The number of anilines is 1. The van der Waals surface area contributed by atoms with Crippen LogP contribution in [0.3, 0.4) is 0 Å². The lowest BCUT2D eigenvalue weighted by Crippen LogP contribution is -2.38. The predicted molar refractivity (Wildman–Crippen MR) is 125 cm³/mol. The first-order valence-corrected chi connectivity index (χ1v) is 11.3. The number of guanidine groups is 1. The Hall–Kier alpha value is -3.20. The molecular formula is C22H29N7OS. The fraction of sp³-hybridized carbons (Fsp3) is 0.364. The number of aliphatic imine (C=N–C) groups is 1. The number of hydrogen-bond donors (Lipinski definition) is 3. The molecule has 2 aromatic heterocycles. The average Bonchev–Trinajstić information content (AvgIpc) is 3.44. The van der Waals surface area contributed by atoms with Gasteiger partial charge in [0.15, 0.2) is 5.96 Å². The van der Waals surface area contributed by atoms with Crippen molar-refractivity contribution in [2.75, 3.05) is 18.4 Å². The Morgan fingerprint density at radius 2 is 2.13 bits per heavy atom. The third-order valence-corrected chi connectivity index (χ3v) is 5.62. The molecule has 0 aliphatic heterocycles. The summed E-state index contributed by atoms with van der Waals surface area (Å²) in [5.74, 6) is 0.649. The normalized spacial score (nSPS) is 11.4. The van der Waals surface area contributed by atoms with Crippen LogP contribution >= 0.6 is 11.3 Å². The highest BCUT2D eigenvalue weighted by Crippen LogP contribution is 2.14. The highest BCUT2D eigenvalue weighted by Gasteiger charge is 2.05. The van der Waals surface area contributed by atoms with Crippen molar-refractivity contribution < 1.29 is 4.79 Å². The van der Waals surface area contributed by atoms with Crippen LogP contribution < -0.4 is 16.0 Å². The van der Waals surface area contributed by atoms with Crippen molar-refractivity contribution >= 4 is 28.9 Å². The van der Waals surface area contributed by atoms with Crippen molar-refractivity contribution in [3.8, 4) is 0 Å². The minimum absolute atomic E-state index is 0.118. The maximum Gasteiger partial charge on any atom is 0.246 e. The fourth-order valence-electron chi connectivity index (χ4n) is 2.92. The summed E-state index contributed by atoms with van der Waals surface area (Å²) in [5, 5.41) is 14.7. The van der Waals surface area contributed by atoms with Gasteiger partial charge < -0.3 is 16.0 Å². The number of amides is 1. The van der Waals surface area contributed by atoms with Crippen molar-refractivity contribution in [2.24, 2.45) is 4.99 Å². The Labute approximate surface area is 186 Å². The van der Waals surface area contributed by atoms with Gasteiger partial charge in [0.25, 0.3) is 0 Å². The van der Waals surface area contributed by atoms with E-state index in [0.717, 1.165) is 48.1 Å². The minimum atomic E-state index is -0.118. The molecule has 0 spiro atoms. The van der Waals surface area contributed by atoms with Gasteiger partial charge in [0.05, 0.1) is 11.6 Å². The molecule has 0 saturated carbocycles. The Morgan fingerprint density at radius 1 is 1.23 bits per heavy atom. The van der Waals surface area contributed by atoms with Gasteiger partial charge >= 0.3 is 0 Å². The van der Waals surface area contributed by atoms with E-state index in [9.17, 15) is 4.79 Å². The number of rotatable bonds is 10. The SMILES string of the molecule is CCNC(=NCc1cccc(NC(=O)Cn2cccn2)c1)NCCc1ncc(CC)s1. The summed E-state index contributed by atoms with van der Waals surface area (Å²) in [4.78, 5) is 22.6. The van der Waals surface area contributed by atoms with Crippen molar-refractivity contribution in [3.05, 3.63) is 64.4 Å². The molecule has 3 aromatic rings. The second-order valence-electron chi connectivity index (χ2n) is 6.90. The van der Waals surface area contributed by atoms with Gasteiger partial charge in [-0.2, -0.15) is 5.10 Å². The number of hydrogen-bond acceptors (Lipinski definition) is 5. The predicted octanol–water partition coefficient (Wildman–Crippen LogP) is 2.84. The van der Waals surface area contributed by atoms with Gasteiger partial charge in [-0.05, 0) is 37.1 Å². The summed E-state index contributed by atoms with van der Waals surface area (Å²) in [5.41, 5.74) is 1.76. The Bertz CT molecular complexity index is 981. The van der Waals surface area contributed by atoms with Gasteiger partial charge in [-0.25, -0.2) is 9.98 Å². The summed E-state index contributed by atoms with van der Waals surface area (Å²) >= 11 is 1.76. The molecule has 9 heteroatoms. The molecular weight excluding hydrogens is 410 g/mol. The molecule has 3 rings (SSSR count). The largest absolute Gasteiger partial charge is 0.357 e. The molecule has 0 fully saturated rings. The fourth-order valence-corrected chi connectivity index (χ4v) is 3.78. The van der Waals surface area contributed by atoms with Crippen molar-refractivity contribution in [2.45, 2.75) is 39.8 Å². The molecule has 0 radical (unpaired) electrons. The van der Waals surface area contributed by atoms with E-state index in [4.69, 9.17) is 0 Å². The summed E-state index contributed by atoms with van der Waals surface area (Å²) in [6.45, 7) is 6.43. The monoisotopic (exact) mass is 439 g/mol. The van der Waals surface area contributed by atoms with Crippen LogP contribution in [0.15, 0.2) is 53.9 Å². The Morgan fingerprint density at radius 3 is 2.87 bits per heavy atom. The van der Waals surface area contributed by atoms with E-state index in [1.807, 2.05) is 37.4 Å². The number of nitrogens with one attached hydrogen (secondary N) is 3. The molecule has 31 heavy (non-hydrogen) atoms. The maximum atomic E-state index is 12.2. The van der Waals surface area contributed by atoms with E-state index in [-0.39, 0.29) is 12.5 Å². The summed E-state index contributed by atoms with van der Waals surface area (Å²) in [7, 11) is 0. The molecule has 8 nitrogen and oxygen atoms in total. The van der Waals surface area contributed by atoms with E-state index >= 15 is 0 Å². The van der Waals surface area contributed by atoms with Crippen LogP contribution in [0, 0.1) is 0 Å². The lowest BCUT2D eigenvalue weighted by Gasteiger charge is -2.11. The highest BCUT2D eigenvalue weighted by molar-refractivity contribution is 7.11. The van der Waals surface area contributed by atoms with Crippen LogP contribution in [0.1, 0.15) is 29.3 Å². The topological polar surface area (TPSA) is 96.2 Å². The number of carbonyl (C=O) groups is 1. The molecule has 0 aliphatic carbocycles. The van der Waals surface area contributed by atoms with E-state index in [0.29, 0.717) is 6.54 Å². The van der Waals surface area contributed by atoms with Gasteiger partial charge in [-0.1, -0.05) is 19.1 Å². The first kappa shape index (κ1) is 22.5. The maximum absolute atomic E-state index is 12.2. The lowest BCUT2D eigenvalue weighted by molar-refractivity contribution is -0.116. The molecule has 0 bridgehead atoms. The highest BCUT2D eigenvalue weighted by atomic mass is 32.1. The van der Waals surface area contributed by atoms with Crippen LogP contribution in [-0.4, -0.2) is 39.7 Å². The van der Waals surface area contributed by atoms with Gasteiger partial charge in [0, 0.05) is 48.7 Å². The van der Waals surface area contributed by atoms with Gasteiger partial charge in [-0.15, -0.1) is 11.3 Å². The molecule has 0 unspecified atom stereocenters. The number of carbonyl (C=O) groups excluding carboxylic acids is 1. The molecule has 164 valence electrons. The summed E-state index contributed by atoms with van der Waals surface area (Å²) in [6, 6.07) is 9.52. The van der Waals surface area contributed by atoms with Crippen molar-refractivity contribution in [1.29, 1.82) is 0 Å². The quantitative estimate of drug-likeness (QED) is 0.333. The van der Waals surface area contributed by atoms with Gasteiger partial charge in [-0.3, -0.25) is 9.48 Å². The number of thiazole rings is 1. The lowest BCUT2D eigenvalue weighted by atomic mass is 10.2. The number of aromatic nitrogens is 3. The molecule has 0 atom stereocenters. The second kappa shape index (κ2) is 11.8. The van der Waals surface area contributed by atoms with Crippen LogP contribution in [0.25, 0.3) is 0 Å². The van der Waals surface area contributed by atoms with Gasteiger partial charge in [0.1, 0.15) is 6.54 Å². The van der Waals surface area contributed by atoms with Crippen LogP contribution in [0.5, 0.6) is 0 Å². The van der Waals surface area contributed by atoms with Crippen LogP contribution in [-0.2, 0) is 30.7 Å². The number of benzene rings is 1. The van der Waals surface area contributed by atoms with E-state index in [1.54, 1.807) is 34.5 Å². The summed E-state index contributed by atoms with van der Waals surface area (Å²) < 4.78 is 1.59. The standard InChI is InChI=1S/C22H29N7OS/c1-3-19-15-25-21(31-19)9-11-24-22(23-4-2)26-14-17-7-5-8-18(13-17)28-20(30)16-29-12-6-10-27-29/h5-8,10,12-13,15H,3-4,9,11,14,16H2,1-2H3,(H,28,30)(H2,23,24,26). The Kier molecular flexibility index (Phi) is 8.59. The van der Waals surface area contributed by atoms with E-state index in [2.05, 4.69) is 37.9 Å². The molecule has 1 amide bonds. The van der Waals surface area contributed by atoms with Crippen LogP contribution in [0.2, 0.25) is 0 Å². The van der Waals surface area contributed by atoms with Crippen molar-refractivity contribution in [1.82, 2.24) is 25.4 Å². The zero-order valence-electron chi connectivity index (χ0n) is 18.0.